The van der Waals surface area contributed by atoms with Crippen molar-refractivity contribution in [1.29, 1.82) is 0 Å². The van der Waals surface area contributed by atoms with Gasteiger partial charge in [0.1, 0.15) is 24.1 Å². The molecule has 2 amide bonds. The Morgan fingerprint density at radius 2 is 2.00 bits per heavy atom. The van der Waals surface area contributed by atoms with Crippen LogP contribution in [0.4, 0.5) is 15.0 Å². The molecule has 5 rings (SSSR count). The maximum atomic E-state index is 13.8. The largest absolute Gasteiger partial charge is 0.447 e. The Bertz CT molecular complexity index is 1530. The van der Waals surface area contributed by atoms with E-state index in [1.54, 1.807) is 36.3 Å². The summed E-state index contributed by atoms with van der Waals surface area (Å²) in [5.74, 6) is 0.482. The van der Waals surface area contributed by atoms with Crippen LogP contribution in [0.1, 0.15) is 23.5 Å². The molecule has 0 radical (unpaired) electrons. The third kappa shape index (κ3) is 6.40. The number of anilines is 1. The number of pyridine rings is 1. The average Bonchev–Trinajstić information content (AvgIpc) is 3.38. The first-order valence-electron chi connectivity index (χ1n) is 13.1. The summed E-state index contributed by atoms with van der Waals surface area (Å²) in [6.45, 7) is 2.26. The Morgan fingerprint density at radius 3 is 2.85 bits per heavy atom. The first kappa shape index (κ1) is 27.5. The summed E-state index contributed by atoms with van der Waals surface area (Å²) in [4.78, 5) is 36.3. The highest BCUT2D eigenvalue weighted by Gasteiger charge is 2.26. The SMILES string of the molecule is CN(C(=O)CCc1cccc(F)c1Cl)[C@H](COC(=O)Nc1cc2ccccc2cn1)Cc1ncc2n1CCNC2. The Labute approximate surface area is 236 Å². The van der Waals surface area contributed by atoms with Gasteiger partial charge >= 0.3 is 6.09 Å². The smallest absolute Gasteiger partial charge is 0.412 e. The normalized spacial score (nSPS) is 13.5. The number of carbonyl (C=O) groups is 2. The molecule has 11 heteroatoms. The second kappa shape index (κ2) is 12.4. The summed E-state index contributed by atoms with van der Waals surface area (Å²) >= 11 is 6.08. The van der Waals surface area contributed by atoms with E-state index in [1.165, 1.54) is 6.07 Å². The lowest BCUT2D eigenvalue weighted by Crippen LogP contribution is -2.43. The summed E-state index contributed by atoms with van der Waals surface area (Å²) in [5.41, 5.74) is 1.63. The minimum Gasteiger partial charge on any atom is -0.447 e. The number of hydrogen-bond donors (Lipinski definition) is 2. The highest BCUT2D eigenvalue weighted by atomic mass is 35.5. The fourth-order valence-corrected chi connectivity index (χ4v) is 5.00. The zero-order valence-electron chi connectivity index (χ0n) is 22.1. The van der Waals surface area contributed by atoms with E-state index in [0.717, 1.165) is 41.9 Å². The van der Waals surface area contributed by atoms with E-state index in [4.69, 9.17) is 16.3 Å². The van der Waals surface area contributed by atoms with Gasteiger partial charge in [0.05, 0.1) is 16.8 Å². The van der Waals surface area contributed by atoms with Crippen LogP contribution in [0.2, 0.25) is 5.02 Å². The van der Waals surface area contributed by atoms with Gasteiger partial charge in [-0.2, -0.15) is 0 Å². The molecule has 0 saturated carbocycles. The number of carbonyl (C=O) groups excluding carboxylic acids is 2. The molecule has 2 aromatic heterocycles. The molecule has 0 bridgehead atoms. The fourth-order valence-electron chi connectivity index (χ4n) is 4.78. The number of fused-ring (bicyclic) bond motifs is 2. The third-order valence-corrected chi connectivity index (χ3v) is 7.53. The van der Waals surface area contributed by atoms with Gasteiger partial charge in [0, 0.05) is 57.3 Å². The molecule has 2 N–H and O–H groups in total. The van der Waals surface area contributed by atoms with Crippen LogP contribution in [0.5, 0.6) is 0 Å². The number of rotatable bonds is 9. The standard InChI is InChI=1S/C29H30ClFN6O3/c1-36(27(38)10-9-19-7-4-8-24(31)28(19)30)22(14-26-34-17-23-16-32-11-12-37(23)26)18-40-29(39)35-25-13-20-5-2-3-6-21(20)15-33-25/h2-8,13,15,17,22,32H,9-12,14,16,18H2,1H3,(H,33,35,39)/t22-/m0/s1. The van der Waals surface area contributed by atoms with Crippen LogP contribution in [-0.4, -0.2) is 57.7 Å². The highest BCUT2D eigenvalue weighted by Crippen LogP contribution is 2.22. The molecule has 9 nitrogen and oxygen atoms in total. The van der Waals surface area contributed by atoms with Crippen LogP contribution >= 0.6 is 11.6 Å². The molecule has 2 aromatic carbocycles. The van der Waals surface area contributed by atoms with Crippen molar-refractivity contribution in [2.75, 3.05) is 25.5 Å². The van der Waals surface area contributed by atoms with E-state index in [1.807, 2.05) is 30.5 Å². The summed E-state index contributed by atoms with van der Waals surface area (Å²) in [6.07, 6.45) is 3.63. The number of halogens is 2. The molecular formula is C29H30ClFN6O3. The number of aryl methyl sites for hydroxylation is 1. The first-order valence-corrected chi connectivity index (χ1v) is 13.5. The van der Waals surface area contributed by atoms with Gasteiger partial charge in [-0.3, -0.25) is 10.1 Å². The Balaban J connectivity index is 1.27. The van der Waals surface area contributed by atoms with Crippen LogP contribution < -0.4 is 10.6 Å². The summed E-state index contributed by atoms with van der Waals surface area (Å²) in [5, 5.41) is 7.91. The van der Waals surface area contributed by atoms with Crippen molar-refractivity contribution < 1.29 is 18.7 Å². The number of ether oxygens (including phenoxy) is 1. The van der Waals surface area contributed by atoms with E-state index in [2.05, 4.69) is 25.2 Å². The molecule has 208 valence electrons. The molecule has 40 heavy (non-hydrogen) atoms. The van der Waals surface area contributed by atoms with Gasteiger partial charge in [-0.15, -0.1) is 0 Å². The average molecular weight is 565 g/mol. The Kier molecular flexibility index (Phi) is 8.57. The molecule has 0 spiro atoms. The molecule has 1 atom stereocenters. The molecule has 0 aliphatic carbocycles. The summed E-state index contributed by atoms with van der Waals surface area (Å²) in [7, 11) is 1.67. The number of amides is 2. The molecule has 0 saturated heterocycles. The number of aromatic nitrogens is 3. The van der Waals surface area contributed by atoms with Gasteiger partial charge in [-0.05, 0) is 29.5 Å². The molecule has 3 heterocycles. The number of imidazole rings is 1. The van der Waals surface area contributed by atoms with Gasteiger partial charge in [0.15, 0.2) is 0 Å². The number of benzene rings is 2. The number of hydrogen-bond acceptors (Lipinski definition) is 6. The zero-order chi connectivity index (χ0) is 28.1. The molecule has 4 aromatic rings. The number of nitrogens with zero attached hydrogens (tertiary/aromatic N) is 4. The maximum absolute atomic E-state index is 13.8. The van der Waals surface area contributed by atoms with Crippen molar-refractivity contribution in [3.05, 3.63) is 88.8 Å². The van der Waals surface area contributed by atoms with E-state index in [9.17, 15) is 14.0 Å². The predicted octanol–water partition coefficient (Wildman–Crippen LogP) is 4.58. The van der Waals surface area contributed by atoms with Crippen molar-refractivity contribution >= 4 is 40.2 Å². The van der Waals surface area contributed by atoms with Crippen molar-refractivity contribution in [2.24, 2.45) is 0 Å². The van der Waals surface area contributed by atoms with Gasteiger partial charge < -0.3 is 19.5 Å². The van der Waals surface area contributed by atoms with E-state index in [0.29, 0.717) is 17.8 Å². The van der Waals surface area contributed by atoms with E-state index in [-0.39, 0.29) is 30.4 Å². The Morgan fingerprint density at radius 1 is 1.18 bits per heavy atom. The van der Waals surface area contributed by atoms with Crippen molar-refractivity contribution in [3.63, 3.8) is 0 Å². The number of likely N-dealkylation sites (N-methyl/N-ethyl adjacent to an activating group) is 1. The third-order valence-electron chi connectivity index (χ3n) is 7.11. The minimum atomic E-state index is -0.672. The summed E-state index contributed by atoms with van der Waals surface area (Å²) in [6, 6.07) is 13.6. The molecule has 1 aliphatic heterocycles. The second-order valence-electron chi connectivity index (χ2n) is 9.71. The van der Waals surface area contributed by atoms with Crippen LogP contribution in [-0.2, 0) is 35.5 Å². The molecule has 1 aliphatic rings. The summed E-state index contributed by atoms with van der Waals surface area (Å²) < 4.78 is 21.6. The van der Waals surface area contributed by atoms with Gasteiger partial charge in [0.2, 0.25) is 5.91 Å². The van der Waals surface area contributed by atoms with E-state index < -0.39 is 18.0 Å². The van der Waals surface area contributed by atoms with Crippen LogP contribution in [0.25, 0.3) is 10.8 Å². The second-order valence-corrected chi connectivity index (χ2v) is 10.1. The van der Waals surface area contributed by atoms with Crippen molar-refractivity contribution in [3.8, 4) is 0 Å². The van der Waals surface area contributed by atoms with Crippen molar-refractivity contribution in [2.45, 2.75) is 38.4 Å². The lowest BCUT2D eigenvalue weighted by molar-refractivity contribution is -0.132. The van der Waals surface area contributed by atoms with Crippen molar-refractivity contribution in [1.82, 2.24) is 24.8 Å². The van der Waals surface area contributed by atoms with Gasteiger partial charge in [0.25, 0.3) is 0 Å². The molecule has 0 unspecified atom stereocenters. The minimum absolute atomic E-state index is 0.0226. The topological polar surface area (TPSA) is 101 Å². The first-order chi connectivity index (χ1) is 19.4. The van der Waals surface area contributed by atoms with Gasteiger partial charge in [-0.1, -0.05) is 48.0 Å². The van der Waals surface area contributed by atoms with Crippen LogP contribution in [0.15, 0.2) is 60.9 Å². The zero-order valence-corrected chi connectivity index (χ0v) is 22.8. The molecule has 0 fully saturated rings. The lowest BCUT2D eigenvalue weighted by Gasteiger charge is -2.29. The number of nitrogens with one attached hydrogen (secondary N) is 2. The fraction of sp³-hybridized carbons (Fsp3) is 0.310. The predicted molar refractivity (Wildman–Crippen MR) is 151 cm³/mol. The monoisotopic (exact) mass is 564 g/mol. The van der Waals surface area contributed by atoms with Gasteiger partial charge in [-0.25, -0.2) is 19.2 Å². The van der Waals surface area contributed by atoms with Crippen LogP contribution in [0.3, 0.4) is 0 Å². The maximum Gasteiger partial charge on any atom is 0.412 e. The quantitative estimate of drug-likeness (QED) is 0.309. The highest BCUT2D eigenvalue weighted by molar-refractivity contribution is 6.31. The Hall–Kier alpha value is -4.02. The van der Waals surface area contributed by atoms with E-state index >= 15 is 0 Å². The van der Waals surface area contributed by atoms with Crippen LogP contribution in [0, 0.1) is 5.82 Å². The molecular weight excluding hydrogens is 535 g/mol. The lowest BCUT2D eigenvalue weighted by atomic mass is 10.1.